The number of likely N-dealkylation sites (N-methyl/N-ethyl adjacent to an activating group) is 1. The second-order valence-corrected chi connectivity index (χ2v) is 6.78. The molecule has 1 aromatic heterocycles. The molecular weight excluding hydrogens is 294 g/mol. The van der Waals surface area contributed by atoms with Crippen LogP contribution >= 0.6 is 0 Å². The van der Waals surface area contributed by atoms with Crippen LogP contribution in [0.2, 0.25) is 0 Å². The minimum atomic E-state index is -0.546. The Labute approximate surface area is 137 Å². The van der Waals surface area contributed by atoms with Gasteiger partial charge in [-0.2, -0.15) is 0 Å². The summed E-state index contributed by atoms with van der Waals surface area (Å²) in [6, 6.07) is 3.31. The molecule has 1 aromatic rings. The Hall–Kier alpha value is -1.82. The lowest BCUT2D eigenvalue weighted by Gasteiger charge is -2.43. The summed E-state index contributed by atoms with van der Waals surface area (Å²) in [4.78, 5) is 29.2. The predicted octanol–water partition coefficient (Wildman–Crippen LogP) is 1.58. The summed E-state index contributed by atoms with van der Waals surface area (Å²) >= 11 is 0. The number of hydrogen-bond acceptors (Lipinski definition) is 4. The maximum atomic E-state index is 12.9. The molecule has 6 heteroatoms. The minimum absolute atomic E-state index is 0.00619. The monoisotopic (exact) mass is 321 g/mol. The summed E-state index contributed by atoms with van der Waals surface area (Å²) in [6.07, 6.45) is 1.45. The number of nitrogens with zero attached hydrogens (tertiary/aromatic N) is 2. The van der Waals surface area contributed by atoms with Crippen LogP contribution in [0.5, 0.6) is 0 Å². The Kier molecular flexibility index (Phi) is 5.46. The standard InChI is InChI=1S/C17H27N3O3/c1-11(2)15(18-16(21)14-7-6-8-23-14)17(22)20-9-12(3)19(5)13(4)10-20/h6-8,11-13,15H,9-10H2,1-5H3,(H,18,21)/t12-,13-,15-/m0/s1. The quantitative estimate of drug-likeness (QED) is 0.914. The van der Waals surface area contributed by atoms with Crippen molar-refractivity contribution in [3.8, 4) is 0 Å². The molecule has 0 aliphatic carbocycles. The number of piperazine rings is 1. The van der Waals surface area contributed by atoms with E-state index in [-0.39, 0.29) is 23.5 Å². The molecule has 6 nitrogen and oxygen atoms in total. The van der Waals surface area contributed by atoms with Crippen LogP contribution in [-0.4, -0.2) is 59.9 Å². The molecule has 1 aliphatic rings. The highest BCUT2D eigenvalue weighted by atomic mass is 16.3. The molecule has 0 saturated carbocycles. The topological polar surface area (TPSA) is 65.8 Å². The number of amides is 2. The highest BCUT2D eigenvalue weighted by Gasteiger charge is 2.35. The fraction of sp³-hybridized carbons (Fsp3) is 0.647. The zero-order chi connectivity index (χ0) is 17.1. The molecule has 1 fully saturated rings. The van der Waals surface area contributed by atoms with Crippen LogP contribution in [0.4, 0.5) is 0 Å². The van der Waals surface area contributed by atoms with Gasteiger partial charge >= 0.3 is 0 Å². The largest absolute Gasteiger partial charge is 0.459 e. The number of hydrogen-bond donors (Lipinski definition) is 1. The molecular formula is C17H27N3O3. The second kappa shape index (κ2) is 7.17. The van der Waals surface area contributed by atoms with Crippen molar-refractivity contribution in [3.63, 3.8) is 0 Å². The second-order valence-electron chi connectivity index (χ2n) is 6.78. The van der Waals surface area contributed by atoms with Gasteiger partial charge in [0.25, 0.3) is 5.91 Å². The SMILES string of the molecule is CC(C)[C@H](NC(=O)c1ccco1)C(=O)N1C[C@H](C)N(C)[C@@H](C)C1. The molecule has 128 valence electrons. The summed E-state index contributed by atoms with van der Waals surface area (Å²) < 4.78 is 5.11. The van der Waals surface area contributed by atoms with Gasteiger partial charge in [-0.05, 0) is 38.9 Å². The average molecular weight is 321 g/mol. The lowest BCUT2D eigenvalue weighted by molar-refractivity contribution is -0.138. The van der Waals surface area contributed by atoms with Gasteiger partial charge in [-0.1, -0.05) is 13.8 Å². The van der Waals surface area contributed by atoms with Gasteiger partial charge in [0.1, 0.15) is 6.04 Å². The number of carbonyl (C=O) groups excluding carboxylic acids is 2. The van der Waals surface area contributed by atoms with E-state index in [0.29, 0.717) is 25.2 Å². The van der Waals surface area contributed by atoms with Gasteiger partial charge in [0.05, 0.1) is 6.26 Å². The van der Waals surface area contributed by atoms with Crippen molar-refractivity contribution in [1.29, 1.82) is 0 Å². The fourth-order valence-electron chi connectivity index (χ4n) is 2.91. The van der Waals surface area contributed by atoms with Gasteiger partial charge in [0.15, 0.2) is 5.76 Å². The maximum absolute atomic E-state index is 12.9. The van der Waals surface area contributed by atoms with E-state index in [1.807, 2.05) is 18.7 Å². The van der Waals surface area contributed by atoms with Crippen molar-refractivity contribution in [2.45, 2.75) is 45.8 Å². The summed E-state index contributed by atoms with van der Waals surface area (Å²) in [7, 11) is 2.08. The van der Waals surface area contributed by atoms with E-state index < -0.39 is 6.04 Å². The van der Waals surface area contributed by atoms with Crippen molar-refractivity contribution in [2.75, 3.05) is 20.1 Å². The first-order chi connectivity index (χ1) is 10.8. The van der Waals surface area contributed by atoms with Crippen LogP contribution < -0.4 is 5.32 Å². The maximum Gasteiger partial charge on any atom is 0.287 e. The van der Waals surface area contributed by atoms with Crippen LogP contribution in [0, 0.1) is 5.92 Å². The zero-order valence-corrected chi connectivity index (χ0v) is 14.6. The smallest absolute Gasteiger partial charge is 0.287 e. The first-order valence-electron chi connectivity index (χ1n) is 8.16. The molecule has 2 rings (SSSR count). The van der Waals surface area contributed by atoms with Crippen LogP contribution in [0.15, 0.2) is 22.8 Å². The summed E-state index contributed by atoms with van der Waals surface area (Å²) in [6.45, 7) is 9.46. The first-order valence-corrected chi connectivity index (χ1v) is 8.16. The number of carbonyl (C=O) groups is 2. The number of furan rings is 1. The third-order valence-electron chi connectivity index (χ3n) is 4.64. The Balaban J connectivity index is 2.08. The highest BCUT2D eigenvalue weighted by Crippen LogP contribution is 2.16. The van der Waals surface area contributed by atoms with Crippen molar-refractivity contribution < 1.29 is 14.0 Å². The molecule has 1 saturated heterocycles. The molecule has 0 bridgehead atoms. The first kappa shape index (κ1) is 17.5. The van der Waals surface area contributed by atoms with Crippen LogP contribution in [0.1, 0.15) is 38.2 Å². The van der Waals surface area contributed by atoms with Crippen LogP contribution in [0.3, 0.4) is 0 Å². The van der Waals surface area contributed by atoms with Gasteiger partial charge in [0.2, 0.25) is 5.91 Å². The Morgan fingerprint density at radius 3 is 2.35 bits per heavy atom. The normalized spacial score (nSPS) is 23.8. The summed E-state index contributed by atoms with van der Waals surface area (Å²) in [5.41, 5.74) is 0. The van der Waals surface area contributed by atoms with Crippen LogP contribution in [0.25, 0.3) is 0 Å². The molecule has 1 N–H and O–H groups in total. The third-order valence-corrected chi connectivity index (χ3v) is 4.64. The van der Waals surface area contributed by atoms with Crippen molar-refractivity contribution in [3.05, 3.63) is 24.2 Å². The van der Waals surface area contributed by atoms with E-state index >= 15 is 0 Å². The van der Waals surface area contributed by atoms with Crippen LogP contribution in [-0.2, 0) is 4.79 Å². The fourth-order valence-corrected chi connectivity index (χ4v) is 2.91. The van der Waals surface area contributed by atoms with Crippen molar-refractivity contribution in [1.82, 2.24) is 15.1 Å². The number of rotatable bonds is 4. The van der Waals surface area contributed by atoms with Gasteiger partial charge in [-0.3, -0.25) is 14.5 Å². The van der Waals surface area contributed by atoms with E-state index in [1.165, 1.54) is 6.26 Å². The Morgan fingerprint density at radius 1 is 1.26 bits per heavy atom. The van der Waals surface area contributed by atoms with Gasteiger partial charge in [-0.25, -0.2) is 0 Å². The zero-order valence-electron chi connectivity index (χ0n) is 14.6. The van der Waals surface area contributed by atoms with E-state index in [0.717, 1.165) is 0 Å². The molecule has 23 heavy (non-hydrogen) atoms. The molecule has 0 spiro atoms. The molecule has 0 aromatic carbocycles. The molecule has 2 heterocycles. The lowest BCUT2D eigenvalue weighted by atomic mass is 10.0. The molecule has 0 unspecified atom stereocenters. The summed E-state index contributed by atoms with van der Waals surface area (Å²) in [5.74, 6) is -0.140. The van der Waals surface area contributed by atoms with E-state index in [1.54, 1.807) is 12.1 Å². The predicted molar refractivity (Wildman–Crippen MR) is 88.1 cm³/mol. The molecule has 3 atom stereocenters. The Bertz CT molecular complexity index is 529. The van der Waals surface area contributed by atoms with Gasteiger partial charge in [0, 0.05) is 25.2 Å². The van der Waals surface area contributed by atoms with E-state index in [9.17, 15) is 9.59 Å². The van der Waals surface area contributed by atoms with Gasteiger partial charge < -0.3 is 14.6 Å². The lowest BCUT2D eigenvalue weighted by Crippen LogP contribution is -2.60. The average Bonchev–Trinajstić information content (AvgIpc) is 3.03. The van der Waals surface area contributed by atoms with Crippen molar-refractivity contribution in [2.24, 2.45) is 5.92 Å². The van der Waals surface area contributed by atoms with E-state index in [4.69, 9.17) is 4.42 Å². The Morgan fingerprint density at radius 2 is 1.87 bits per heavy atom. The summed E-state index contributed by atoms with van der Waals surface area (Å²) in [5, 5.41) is 2.82. The number of nitrogens with one attached hydrogen (secondary N) is 1. The van der Waals surface area contributed by atoms with Gasteiger partial charge in [-0.15, -0.1) is 0 Å². The molecule has 2 amide bonds. The highest BCUT2D eigenvalue weighted by molar-refractivity contribution is 5.95. The molecule has 0 radical (unpaired) electrons. The third kappa shape index (κ3) is 3.93. The van der Waals surface area contributed by atoms with Crippen molar-refractivity contribution >= 4 is 11.8 Å². The van der Waals surface area contributed by atoms with E-state index in [2.05, 4.69) is 31.1 Å². The molecule has 1 aliphatic heterocycles. The minimum Gasteiger partial charge on any atom is -0.459 e.